The predicted molar refractivity (Wildman–Crippen MR) is 223 cm³/mol. The first kappa shape index (κ1) is 34.7. The maximum atomic E-state index is 5.70. The maximum Gasteiger partial charge on any atom is 0.0390 e. The minimum atomic E-state index is 0.807. The summed E-state index contributed by atoms with van der Waals surface area (Å²) < 4.78 is 1.12. The van der Waals surface area contributed by atoms with Gasteiger partial charge >= 0.3 is 0 Å². The fourth-order valence-corrected chi connectivity index (χ4v) is 6.03. The van der Waals surface area contributed by atoms with Crippen molar-refractivity contribution in [3.63, 3.8) is 0 Å². The van der Waals surface area contributed by atoms with Crippen molar-refractivity contribution in [3.05, 3.63) is 223 Å². The van der Waals surface area contributed by atoms with E-state index in [1.165, 1.54) is 44.5 Å². The summed E-state index contributed by atoms with van der Waals surface area (Å²) in [4.78, 5) is 0. The Kier molecular flexibility index (Phi) is 12.3. The number of benzene rings is 8. The summed E-state index contributed by atoms with van der Waals surface area (Å²) in [5.41, 5.74) is 18.4. The molecule has 0 bridgehead atoms. The van der Waals surface area contributed by atoms with Crippen LogP contribution in [0.2, 0.25) is 0 Å². The highest BCUT2D eigenvalue weighted by Gasteiger charge is 2.02. The van der Waals surface area contributed by atoms with Gasteiger partial charge in [0.15, 0.2) is 0 Å². The van der Waals surface area contributed by atoms with Gasteiger partial charge in [-0.05, 0) is 93.0 Å². The number of hydrogen-bond donors (Lipinski definition) is 2. The van der Waals surface area contributed by atoms with E-state index in [4.69, 9.17) is 5.73 Å². The lowest BCUT2D eigenvalue weighted by molar-refractivity contribution is 1.53. The maximum absolute atomic E-state index is 5.70. The number of anilines is 3. The van der Waals surface area contributed by atoms with Gasteiger partial charge in [0.2, 0.25) is 0 Å². The molecule has 0 unspecified atom stereocenters. The zero-order valence-corrected chi connectivity index (χ0v) is 29.8. The second-order valence-corrected chi connectivity index (χ2v) is 12.8. The molecule has 51 heavy (non-hydrogen) atoms. The first-order valence-corrected chi connectivity index (χ1v) is 17.7. The Morgan fingerprint density at radius 1 is 0.294 bits per heavy atom. The van der Waals surface area contributed by atoms with Crippen molar-refractivity contribution in [2.24, 2.45) is 0 Å². The van der Waals surface area contributed by atoms with Crippen LogP contribution < -0.4 is 11.1 Å². The lowest BCUT2D eigenvalue weighted by Crippen LogP contribution is -1.91. The van der Waals surface area contributed by atoms with E-state index in [2.05, 4.69) is 173 Å². The van der Waals surface area contributed by atoms with Gasteiger partial charge in [-0.25, -0.2) is 0 Å². The summed E-state index contributed by atoms with van der Waals surface area (Å²) in [6.45, 7) is 0. The minimum absolute atomic E-state index is 0.807. The van der Waals surface area contributed by atoms with Crippen molar-refractivity contribution in [2.75, 3.05) is 11.1 Å². The second kappa shape index (κ2) is 18.0. The molecule has 0 radical (unpaired) electrons. The molecule has 3 N–H and O–H groups in total. The van der Waals surface area contributed by atoms with Crippen LogP contribution in [0.25, 0.3) is 44.5 Å². The topological polar surface area (TPSA) is 38.0 Å². The summed E-state index contributed by atoms with van der Waals surface area (Å²) >= 11 is 3.46. The van der Waals surface area contributed by atoms with Crippen LogP contribution in [-0.4, -0.2) is 0 Å². The molecule has 0 fully saturated rings. The van der Waals surface area contributed by atoms with Crippen LogP contribution in [0, 0.1) is 0 Å². The quantitative estimate of drug-likeness (QED) is 0.168. The summed E-state index contributed by atoms with van der Waals surface area (Å²) in [7, 11) is 0. The number of nitrogens with two attached hydrogens (primary N) is 1. The van der Waals surface area contributed by atoms with Crippen LogP contribution in [0.3, 0.4) is 0 Å². The van der Waals surface area contributed by atoms with E-state index in [0.29, 0.717) is 0 Å². The predicted octanol–water partition coefficient (Wildman–Crippen LogP) is 13.8. The minimum Gasteiger partial charge on any atom is -0.399 e. The van der Waals surface area contributed by atoms with Gasteiger partial charge in [0.25, 0.3) is 0 Å². The Balaban J connectivity index is 0.000000145. The van der Waals surface area contributed by atoms with Crippen LogP contribution in [-0.2, 0) is 0 Å². The fourth-order valence-electron chi connectivity index (χ4n) is 5.63. The molecule has 0 aliphatic heterocycles. The van der Waals surface area contributed by atoms with Crippen molar-refractivity contribution in [3.8, 4) is 44.5 Å². The summed E-state index contributed by atoms with van der Waals surface area (Å²) in [5, 5.41) is 3.52. The highest BCUT2D eigenvalue weighted by molar-refractivity contribution is 9.10. The van der Waals surface area contributed by atoms with Gasteiger partial charge in [-0.1, -0.05) is 186 Å². The molecule has 0 aliphatic rings. The molecule has 0 heterocycles. The van der Waals surface area contributed by atoms with E-state index in [1.54, 1.807) is 0 Å². The number of nitrogen functional groups attached to an aromatic ring is 1. The van der Waals surface area contributed by atoms with Crippen LogP contribution in [0.15, 0.2) is 223 Å². The number of nitrogens with one attached hydrogen (secondary N) is 1. The van der Waals surface area contributed by atoms with Crippen molar-refractivity contribution in [1.82, 2.24) is 0 Å². The average Bonchev–Trinajstić information content (AvgIpc) is 3.20. The van der Waals surface area contributed by atoms with E-state index in [0.717, 1.165) is 21.5 Å². The first-order chi connectivity index (χ1) is 25.1. The lowest BCUT2D eigenvalue weighted by Gasteiger charge is -2.10. The van der Waals surface area contributed by atoms with Crippen LogP contribution in [0.5, 0.6) is 0 Å². The molecule has 0 saturated carbocycles. The SMILES string of the molecule is Brc1cccc(-c2ccccc2)c1.Nc1cccc(-c2ccccc2)c1.c1ccc(-c2cccc(Nc3cccc(-c4ccccc4)c3)c2)cc1. The van der Waals surface area contributed by atoms with Gasteiger partial charge in [0, 0.05) is 21.5 Å². The monoisotopic (exact) mass is 722 g/mol. The van der Waals surface area contributed by atoms with Crippen LogP contribution in [0.4, 0.5) is 17.1 Å². The second-order valence-electron chi connectivity index (χ2n) is 11.9. The Hall–Kier alpha value is -6.16. The standard InChI is InChI=1S/C24H19N.C12H9Br.C12H11N/c1-3-9-19(10-4-1)21-13-7-15-23(17-21)25-24-16-8-14-22(18-24)20-11-5-2-6-12-20;2*13-12-8-4-7-11(9-12)10-5-2-1-3-6-10/h1-18,25H;1-9H;1-9H,13H2. The normalized spacial score (nSPS) is 10.1. The third-order valence-electron chi connectivity index (χ3n) is 8.15. The van der Waals surface area contributed by atoms with E-state index in [1.807, 2.05) is 66.7 Å². The van der Waals surface area contributed by atoms with Gasteiger partial charge in [0.1, 0.15) is 0 Å². The van der Waals surface area contributed by atoms with Crippen LogP contribution in [0.1, 0.15) is 0 Å². The third kappa shape index (κ3) is 10.4. The van der Waals surface area contributed by atoms with Crippen LogP contribution >= 0.6 is 15.9 Å². The molecule has 3 heteroatoms. The van der Waals surface area contributed by atoms with E-state index in [-0.39, 0.29) is 0 Å². The number of hydrogen-bond acceptors (Lipinski definition) is 2. The molecule has 0 aliphatic carbocycles. The molecule has 8 rings (SSSR count). The molecule has 0 amide bonds. The van der Waals surface area contributed by atoms with E-state index in [9.17, 15) is 0 Å². The molecule has 0 saturated heterocycles. The van der Waals surface area contributed by atoms with Crippen molar-refractivity contribution in [2.45, 2.75) is 0 Å². The fraction of sp³-hybridized carbons (Fsp3) is 0. The molecule has 0 atom stereocenters. The van der Waals surface area contributed by atoms with Crippen molar-refractivity contribution in [1.29, 1.82) is 0 Å². The zero-order valence-electron chi connectivity index (χ0n) is 28.2. The first-order valence-electron chi connectivity index (χ1n) is 16.9. The highest BCUT2D eigenvalue weighted by Crippen LogP contribution is 2.28. The summed E-state index contributed by atoms with van der Waals surface area (Å²) in [5.74, 6) is 0. The summed E-state index contributed by atoms with van der Waals surface area (Å²) in [6.07, 6.45) is 0. The Bertz CT molecular complexity index is 2070. The Morgan fingerprint density at radius 3 is 0.980 bits per heavy atom. The number of halogens is 1. The molecular weight excluding hydrogens is 684 g/mol. The van der Waals surface area contributed by atoms with Gasteiger partial charge < -0.3 is 11.1 Å². The Morgan fingerprint density at radius 2 is 0.608 bits per heavy atom. The molecule has 248 valence electrons. The Labute approximate surface area is 310 Å². The molecule has 8 aromatic rings. The van der Waals surface area contributed by atoms with Gasteiger partial charge in [-0.3, -0.25) is 0 Å². The molecule has 0 aromatic heterocycles. The smallest absolute Gasteiger partial charge is 0.0390 e. The zero-order chi connectivity index (χ0) is 35.1. The summed E-state index contributed by atoms with van der Waals surface area (Å²) in [6, 6.07) is 74.7. The third-order valence-corrected chi connectivity index (χ3v) is 8.65. The largest absolute Gasteiger partial charge is 0.399 e. The molecule has 8 aromatic carbocycles. The average molecular weight is 724 g/mol. The highest BCUT2D eigenvalue weighted by atomic mass is 79.9. The van der Waals surface area contributed by atoms with E-state index >= 15 is 0 Å². The molecule has 0 spiro atoms. The molecular formula is C48H39BrN2. The number of rotatable bonds is 6. The van der Waals surface area contributed by atoms with Gasteiger partial charge in [0.05, 0.1) is 0 Å². The lowest BCUT2D eigenvalue weighted by atomic mass is 10.0. The van der Waals surface area contributed by atoms with Gasteiger partial charge in [-0.2, -0.15) is 0 Å². The van der Waals surface area contributed by atoms with Crippen molar-refractivity contribution < 1.29 is 0 Å². The van der Waals surface area contributed by atoms with Crippen molar-refractivity contribution >= 4 is 33.0 Å². The van der Waals surface area contributed by atoms with Gasteiger partial charge in [-0.15, -0.1) is 0 Å². The molecule has 2 nitrogen and oxygen atoms in total. The van der Waals surface area contributed by atoms with E-state index < -0.39 is 0 Å².